The van der Waals surface area contributed by atoms with Crippen molar-refractivity contribution in [2.75, 3.05) is 32.7 Å². The van der Waals surface area contributed by atoms with Crippen LogP contribution in [0, 0.1) is 0 Å². The Balaban J connectivity index is 1.41. The van der Waals surface area contributed by atoms with Crippen molar-refractivity contribution in [3.05, 3.63) is 16.1 Å². The second-order valence-corrected chi connectivity index (χ2v) is 9.80. The molecule has 8 nitrogen and oxygen atoms in total. The molecule has 2 saturated heterocycles. The highest BCUT2D eigenvalue weighted by atomic mass is 32.1. The molecule has 3 rings (SSSR count). The molecule has 0 atom stereocenters. The monoisotopic (exact) mass is 436 g/mol. The van der Waals surface area contributed by atoms with Crippen LogP contribution in [-0.2, 0) is 9.53 Å². The lowest BCUT2D eigenvalue weighted by Crippen LogP contribution is -2.41. The lowest BCUT2D eigenvalue weighted by atomic mass is 9.98. The molecule has 0 unspecified atom stereocenters. The Bertz CT molecular complexity index is 765. The molecule has 2 aliphatic rings. The minimum Gasteiger partial charge on any atom is -0.444 e. The van der Waals surface area contributed by atoms with Gasteiger partial charge in [-0.25, -0.2) is 9.78 Å². The van der Waals surface area contributed by atoms with Crippen LogP contribution in [0.4, 0.5) is 4.79 Å². The van der Waals surface area contributed by atoms with Crippen molar-refractivity contribution in [3.63, 3.8) is 0 Å². The average molecular weight is 437 g/mol. The zero-order chi connectivity index (χ0) is 21.7. The van der Waals surface area contributed by atoms with Gasteiger partial charge in [0.2, 0.25) is 5.91 Å². The van der Waals surface area contributed by atoms with Gasteiger partial charge in [0, 0.05) is 50.4 Å². The number of aromatic nitrogens is 1. The summed E-state index contributed by atoms with van der Waals surface area (Å²) in [6.45, 7) is 8.92. The molecule has 2 aliphatic heterocycles. The molecule has 3 amide bonds. The topological polar surface area (TPSA) is 91.8 Å². The first-order valence-electron chi connectivity index (χ1n) is 10.7. The molecule has 166 valence electrons. The number of likely N-dealkylation sites (tertiary alicyclic amines) is 2. The molecule has 3 heterocycles. The number of carbonyl (C=O) groups is 3. The Morgan fingerprint density at radius 2 is 2.00 bits per heavy atom. The van der Waals surface area contributed by atoms with E-state index in [1.54, 1.807) is 10.3 Å². The maximum absolute atomic E-state index is 12.4. The fraction of sp³-hybridized carbons (Fsp3) is 0.714. The van der Waals surface area contributed by atoms with Crippen LogP contribution in [0.25, 0.3) is 0 Å². The molecule has 2 fully saturated rings. The second kappa shape index (κ2) is 9.76. The molecule has 1 aromatic heterocycles. The quantitative estimate of drug-likeness (QED) is 0.692. The highest BCUT2D eigenvalue weighted by Crippen LogP contribution is 2.31. The summed E-state index contributed by atoms with van der Waals surface area (Å²) < 4.78 is 5.44. The van der Waals surface area contributed by atoms with E-state index in [0.717, 1.165) is 37.2 Å². The largest absolute Gasteiger partial charge is 0.444 e. The van der Waals surface area contributed by atoms with Crippen LogP contribution in [0.1, 0.15) is 74.3 Å². The number of amides is 3. The molecule has 0 saturated carbocycles. The maximum atomic E-state index is 12.4. The van der Waals surface area contributed by atoms with Crippen molar-refractivity contribution in [2.24, 2.45) is 0 Å². The number of carbonyl (C=O) groups excluding carboxylic acids is 3. The van der Waals surface area contributed by atoms with Gasteiger partial charge in [0.05, 0.1) is 5.01 Å². The van der Waals surface area contributed by atoms with Crippen LogP contribution in [0.2, 0.25) is 0 Å². The Morgan fingerprint density at radius 1 is 1.27 bits per heavy atom. The zero-order valence-corrected chi connectivity index (χ0v) is 18.9. The SMILES string of the molecule is CC(C)(C)OC(=O)N1CCC(c2nc(C(=O)NCCCN3CCCC3=O)cs2)CC1. The van der Waals surface area contributed by atoms with Crippen molar-refractivity contribution < 1.29 is 19.1 Å². The Labute approximate surface area is 182 Å². The first-order chi connectivity index (χ1) is 14.2. The fourth-order valence-electron chi connectivity index (χ4n) is 3.72. The number of nitrogens with zero attached hydrogens (tertiary/aromatic N) is 3. The summed E-state index contributed by atoms with van der Waals surface area (Å²) in [5, 5.41) is 5.65. The van der Waals surface area contributed by atoms with Crippen LogP contribution in [0.15, 0.2) is 5.38 Å². The van der Waals surface area contributed by atoms with Crippen LogP contribution < -0.4 is 5.32 Å². The third kappa shape index (κ3) is 6.17. The minimum atomic E-state index is -0.491. The normalized spacial score (nSPS) is 18.0. The van der Waals surface area contributed by atoms with E-state index in [-0.39, 0.29) is 23.8 Å². The van der Waals surface area contributed by atoms with Crippen molar-refractivity contribution in [3.8, 4) is 0 Å². The average Bonchev–Trinajstić information content (AvgIpc) is 3.33. The Morgan fingerprint density at radius 3 is 2.63 bits per heavy atom. The molecular formula is C21H32N4O4S. The number of hydrogen-bond acceptors (Lipinski definition) is 6. The van der Waals surface area contributed by atoms with Gasteiger partial charge in [0.1, 0.15) is 11.3 Å². The number of rotatable bonds is 6. The van der Waals surface area contributed by atoms with E-state index in [1.807, 2.05) is 25.7 Å². The fourth-order valence-corrected chi connectivity index (χ4v) is 4.69. The van der Waals surface area contributed by atoms with E-state index in [1.165, 1.54) is 11.3 Å². The van der Waals surface area contributed by atoms with Crippen molar-refractivity contribution in [1.82, 2.24) is 20.1 Å². The number of hydrogen-bond donors (Lipinski definition) is 1. The van der Waals surface area contributed by atoms with E-state index in [0.29, 0.717) is 38.3 Å². The van der Waals surface area contributed by atoms with Crippen LogP contribution in [0.3, 0.4) is 0 Å². The van der Waals surface area contributed by atoms with Gasteiger partial charge in [0.25, 0.3) is 5.91 Å². The lowest BCUT2D eigenvalue weighted by molar-refractivity contribution is -0.127. The number of nitrogens with one attached hydrogen (secondary N) is 1. The number of piperidine rings is 1. The van der Waals surface area contributed by atoms with Gasteiger partial charge in [-0.3, -0.25) is 9.59 Å². The molecule has 0 spiro atoms. The third-order valence-corrected chi connectivity index (χ3v) is 6.32. The summed E-state index contributed by atoms with van der Waals surface area (Å²) in [6.07, 6.45) is 3.69. The molecule has 30 heavy (non-hydrogen) atoms. The number of ether oxygens (including phenoxy) is 1. The lowest BCUT2D eigenvalue weighted by Gasteiger charge is -2.32. The predicted molar refractivity (Wildman–Crippen MR) is 115 cm³/mol. The summed E-state index contributed by atoms with van der Waals surface area (Å²) in [7, 11) is 0. The first-order valence-corrected chi connectivity index (χ1v) is 11.6. The summed E-state index contributed by atoms with van der Waals surface area (Å²) >= 11 is 1.50. The van der Waals surface area contributed by atoms with E-state index in [4.69, 9.17) is 4.74 Å². The van der Waals surface area contributed by atoms with Crippen molar-refractivity contribution >= 4 is 29.2 Å². The van der Waals surface area contributed by atoms with Crippen LogP contribution in [0.5, 0.6) is 0 Å². The predicted octanol–water partition coefficient (Wildman–Crippen LogP) is 3.00. The van der Waals surface area contributed by atoms with Gasteiger partial charge in [-0.2, -0.15) is 0 Å². The van der Waals surface area contributed by atoms with Gasteiger partial charge in [-0.1, -0.05) is 0 Å². The summed E-state index contributed by atoms with van der Waals surface area (Å²) in [5.41, 5.74) is -0.0444. The van der Waals surface area contributed by atoms with Gasteiger partial charge >= 0.3 is 6.09 Å². The smallest absolute Gasteiger partial charge is 0.410 e. The van der Waals surface area contributed by atoms with Crippen LogP contribution in [-0.4, -0.2) is 71.0 Å². The molecule has 0 aromatic carbocycles. The van der Waals surface area contributed by atoms with Gasteiger partial charge in [-0.15, -0.1) is 11.3 Å². The van der Waals surface area contributed by atoms with Gasteiger partial charge < -0.3 is 19.9 Å². The molecule has 0 radical (unpaired) electrons. The summed E-state index contributed by atoms with van der Waals surface area (Å²) in [6, 6.07) is 0. The standard InChI is InChI=1S/C21H32N4O4S/c1-21(2,3)29-20(28)25-12-7-15(8-13-25)19-23-16(14-30-19)18(27)22-9-5-11-24-10-4-6-17(24)26/h14-15H,4-13H2,1-3H3,(H,22,27). The van der Waals surface area contributed by atoms with Gasteiger partial charge in [-0.05, 0) is 46.5 Å². The first kappa shape index (κ1) is 22.5. The van der Waals surface area contributed by atoms with E-state index in [9.17, 15) is 14.4 Å². The van der Waals surface area contributed by atoms with Crippen molar-refractivity contribution in [1.29, 1.82) is 0 Å². The Hall–Kier alpha value is -2.16. The Kier molecular flexibility index (Phi) is 7.33. The van der Waals surface area contributed by atoms with E-state index in [2.05, 4.69) is 10.3 Å². The summed E-state index contributed by atoms with van der Waals surface area (Å²) in [4.78, 5) is 44.3. The molecule has 1 N–H and O–H groups in total. The summed E-state index contributed by atoms with van der Waals surface area (Å²) in [5.74, 6) is 0.302. The molecule has 0 aliphatic carbocycles. The second-order valence-electron chi connectivity index (χ2n) is 8.91. The van der Waals surface area contributed by atoms with E-state index < -0.39 is 5.60 Å². The highest BCUT2D eigenvalue weighted by Gasteiger charge is 2.29. The minimum absolute atomic E-state index is 0.170. The number of thiazole rings is 1. The zero-order valence-electron chi connectivity index (χ0n) is 18.1. The molecular weight excluding hydrogens is 404 g/mol. The van der Waals surface area contributed by atoms with E-state index >= 15 is 0 Å². The van der Waals surface area contributed by atoms with Crippen LogP contribution >= 0.6 is 11.3 Å². The van der Waals surface area contributed by atoms with Gasteiger partial charge in [0.15, 0.2) is 0 Å². The molecule has 9 heteroatoms. The third-order valence-electron chi connectivity index (χ3n) is 5.31. The molecule has 0 bridgehead atoms. The maximum Gasteiger partial charge on any atom is 0.410 e. The van der Waals surface area contributed by atoms with Crippen molar-refractivity contribution in [2.45, 2.75) is 64.4 Å². The molecule has 1 aromatic rings. The highest BCUT2D eigenvalue weighted by molar-refractivity contribution is 7.09.